The van der Waals surface area contributed by atoms with Crippen LogP contribution in [-0.2, 0) is 33.4 Å². The number of carbonyl (C=O) groups excluding carboxylic acids is 4. The van der Waals surface area contributed by atoms with Gasteiger partial charge in [0.25, 0.3) is 5.91 Å². The Morgan fingerprint density at radius 3 is 2.42 bits per heavy atom. The average molecular weight is 601 g/mol. The number of nitrogens with one attached hydrogen (secondary N) is 2. The van der Waals surface area contributed by atoms with E-state index in [1.54, 1.807) is 39.0 Å². The number of ether oxygens (including phenoxy) is 3. The van der Waals surface area contributed by atoms with Crippen LogP contribution < -0.4 is 10.6 Å². The lowest BCUT2D eigenvalue weighted by molar-refractivity contribution is -0.149. The second kappa shape index (κ2) is 16.3. The van der Waals surface area contributed by atoms with Gasteiger partial charge in [0.1, 0.15) is 6.10 Å². The summed E-state index contributed by atoms with van der Waals surface area (Å²) in [4.78, 5) is 51.6. The van der Waals surface area contributed by atoms with Crippen LogP contribution in [0.25, 0.3) is 0 Å². The summed E-state index contributed by atoms with van der Waals surface area (Å²) in [5, 5.41) is 28.0. The quantitative estimate of drug-likeness (QED) is 0.202. The number of allylic oxidation sites excluding steroid dienone is 4. The Morgan fingerprint density at radius 2 is 1.84 bits per heavy atom. The minimum absolute atomic E-state index is 0.0908. The largest absolute Gasteiger partial charge is 0.455 e. The van der Waals surface area contributed by atoms with Gasteiger partial charge in [-0.3, -0.25) is 19.2 Å². The van der Waals surface area contributed by atoms with Gasteiger partial charge in [-0.15, -0.1) is 6.58 Å². The van der Waals surface area contributed by atoms with E-state index in [-0.39, 0.29) is 35.5 Å². The predicted molar refractivity (Wildman–Crippen MR) is 160 cm³/mol. The highest BCUT2D eigenvalue weighted by Gasteiger charge is 2.38. The Morgan fingerprint density at radius 1 is 1.16 bits per heavy atom. The first-order valence-corrected chi connectivity index (χ1v) is 14.1. The van der Waals surface area contributed by atoms with Crippen molar-refractivity contribution in [1.82, 2.24) is 10.6 Å². The molecule has 2 rings (SSSR count). The predicted octanol–water partition coefficient (Wildman–Crippen LogP) is 1.98. The summed E-state index contributed by atoms with van der Waals surface area (Å²) in [6, 6.07) is 0. The van der Waals surface area contributed by atoms with E-state index < -0.39 is 65.8 Å². The lowest BCUT2D eigenvalue weighted by atomic mass is 9.83. The number of methoxy groups -OCH3 is 2. The molecular formula is C32H44N2O9. The van der Waals surface area contributed by atoms with Crippen LogP contribution in [0.3, 0.4) is 0 Å². The molecule has 0 aromatic carbocycles. The van der Waals surface area contributed by atoms with Crippen LogP contribution in [0.2, 0.25) is 0 Å². The summed E-state index contributed by atoms with van der Waals surface area (Å²) in [7, 11) is 2.88. The molecule has 2 bridgehead atoms. The van der Waals surface area contributed by atoms with E-state index in [4.69, 9.17) is 14.2 Å². The average Bonchev–Trinajstić information content (AvgIpc) is 2.96. The third-order valence-corrected chi connectivity index (χ3v) is 7.46. The van der Waals surface area contributed by atoms with E-state index >= 15 is 0 Å². The molecule has 0 aromatic heterocycles. The lowest BCUT2D eigenvalue weighted by Crippen LogP contribution is -2.42. The molecule has 236 valence electrons. The fraction of sp³-hybridized carbons (Fsp3) is 0.500. The van der Waals surface area contributed by atoms with Gasteiger partial charge in [0, 0.05) is 45.3 Å². The molecule has 1 aliphatic carbocycles. The van der Waals surface area contributed by atoms with E-state index in [1.165, 1.54) is 40.2 Å². The van der Waals surface area contributed by atoms with Crippen molar-refractivity contribution in [3.8, 4) is 0 Å². The third kappa shape index (κ3) is 9.17. The number of hydrogen-bond acceptors (Lipinski definition) is 10. The van der Waals surface area contributed by atoms with Gasteiger partial charge in [-0.25, -0.2) is 0 Å². The molecule has 0 fully saturated rings. The zero-order chi connectivity index (χ0) is 32.4. The Labute approximate surface area is 253 Å². The molecule has 4 N–H and O–H groups in total. The molecule has 0 spiro atoms. The Kier molecular flexibility index (Phi) is 13.5. The van der Waals surface area contributed by atoms with Crippen LogP contribution >= 0.6 is 0 Å². The van der Waals surface area contributed by atoms with E-state index in [0.717, 1.165) is 6.08 Å². The summed E-state index contributed by atoms with van der Waals surface area (Å²) in [5.41, 5.74) is 0.252. The first kappa shape index (κ1) is 35.6. The van der Waals surface area contributed by atoms with Gasteiger partial charge in [0.2, 0.25) is 11.6 Å². The fourth-order valence-corrected chi connectivity index (χ4v) is 5.00. The summed E-state index contributed by atoms with van der Waals surface area (Å²) in [6.07, 6.45) is 4.18. The molecule has 11 nitrogen and oxygen atoms in total. The highest BCUT2D eigenvalue weighted by atomic mass is 16.6. The Bertz CT molecular complexity index is 1240. The minimum atomic E-state index is -1.45. The lowest BCUT2D eigenvalue weighted by Gasteiger charge is -2.32. The van der Waals surface area contributed by atoms with E-state index in [1.807, 2.05) is 0 Å². The van der Waals surface area contributed by atoms with Crippen molar-refractivity contribution >= 4 is 23.4 Å². The van der Waals surface area contributed by atoms with Crippen LogP contribution in [-0.4, -0.2) is 84.9 Å². The highest BCUT2D eigenvalue weighted by molar-refractivity contribution is 6.24. The molecule has 0 aromatic rings. The smallest absolute Gasteiger partial charge is 0.303 e. The Balaban J connectivity index is 2.68. The van der Waals surface area contributed by atoms with E-state index in [0.29, 0.717) is 5.57 Å². The van der Waals surface area contributed by atoms with Crippen molar-refractivity contribution in [2.24, 2.45) is 11.8 Å². The molecule has 1 heterocycles. The van der Waals surface area contributed by atoms with Gasteiger partial charge in [-0.2, -0.15) is 0 Å². The second-order valence-corrected chi connectivity index (χ2v) is 10.8. The number of Topliss-reactive ketones (excluding diaryl/α,β-unsaturated/α-hetero) is 1. The van der Waals surface area contributed by atoms with Crippen LogP contribution in [0.15, 0.2) is 71.1 Å². The summed E-state index contributed by atoms with van der Waals surface area (Å²) in [5.74, 6) is -3.64. The SMILES string of the molecule is C=CCNC1=C2C(=O)C(=CC1=O)NC(=O)/C(C)=C/C=C\[C@H](OC)[C@@H](OC(C)=O)/C(C)=C/[C@H](C)[C@@H](O)[C@@H](OC)C[C@H](C)C2O. The number of carbonyl (C=O) groups is 4. The molecule has 43 heavy (non-hydrogen) atoms. The van der Waals surface area contributed by atoms with Gasteiger partial charge in [0.15, 0.2) is 6.10 Å². The number of ketones is 2. The maximum atomic E-state index is 13.6. The molecular weight excluding hydrogens is 556 g/mol. The highest BCUT2D eigenvalue weighted by Crippen LogP contribution is 2.29. The number of hydrogen-bond donors (Lipinski definition) is 4. The standard InChI is InChI=1S/C32H44N2O9/c1-9-13-33-27-23(36)16-22-30(39)26(27)29(38)19(4)15-25(42-8)28(37)18(3)14-20(5)31(43-21(6)35)24(41-7)12-10-11-17(2)32(40)34-22/h9-12,14,16,18-19,24-25,28-29,31,33,37-38H,1,13,15H2,2-8H3,(H,34,40)/b12-10-,17-11+,20-14+/t18-,19-,24-,25-,28+,29?,31-/m0/s1. The molecule has 1 unspecified atom stereocenters. The molecule has 11 heteroatoms. The maximum absolute atomic E-state index is 13.6. The number of esters is 1. The number of rotatable bonds is 6. The number of fused-ring (bicyclic) bond motifs is 2. The summed E-state index contributed by atoms with van der Waals surface area (Å²) in [6.45, 7) is 11.8. The molecule has 1 aliphatic heterocycles. The van der Waals surface area contributed by atoms with Crippen molar-refractivity contribution in [1.29, 1.82) is 0 Å². The fourth-order valence-electron chi connectivity index (χ4n) is 5.00. The van der Waals surface area contributed by atoms with Crippen molar-refractivity contribution in [3.63, 3.8) is 0 Å². The van der Waals surface area contributed by atoms with Crippen LogP contribution in [0.4, 0.5) is 0 Å². The maximum Gasteiger partial charge on any atom is 0.303 e. The first-order chi connectivity index (χ1) is 20.3. The topological polar surface area (TPSA) is 160 Å². The second-order valence-electron chi connectivity index (χ2n) is 10.8. The zero-order valence-corrected chi connectivity index (χ0v) is 25.9. The van der Waals surface area contributed by atoms with Crippen LogP contribution in [0.1, 0.15) is 41.0 Å². The summed E-state index contributed by atoms with van der Waals surface area (Å²) >= 11 is 0. The van der Waals surface area contributed by atoms with E-state index in [9.17, 15) is 29.4 Å². The third-order valence-electron chi connectivity index (χ3n) is 7.46. The van der Waals surface area contributed by atoms with Gasteiger partial charge in [-0.1, -0.05) is 44.2 Å². The van der Waals surface area contributed by atoms with Gasteiger partial charge in [-0.05, 0) is 31.8 Å². The molecule has 0 saturated heterocycles. The van der Waals surface area contributed by atoms with Crippen molar-refractivity contribution in [2.45, 2.75) is 71.6 Å². The molecule has 1 amide bonds. The minimum Gasteiger partial charge on any atom is -0.455 e. The van der Waals surface area contributed by atoms with Crippen LogP contribution in [0, 0.1) is 11.8 Å². The molecule has 7 atom stereocenters. The van der Waals surface area contributed by atoms with Crippen molar-refractivity contribution in [3.05, 3.63) is 71.1 Å². The monoisotopic (exact) mass is 600 g/mol. The van der Waals surface area contributed by atoms with Gasteiger partial charge >= 0.3 is 5.97 Å². The van der Waals surface area contributed by atoms with Crippen molar-refractivity contribution < 1.29 is 43.6 Å². The summed E-state index contributed by atoms with van der Waals surface area (Å²) < 4.78 is 16.8. The zero-order valence-electron chi connectivity index (χ0n) is 25.9. The Hall–Kier alpha value is -3.64. The number of aliphatic hydroxyl groups excluding tert-OH is 2. The number of aliphatic hydroxyl groups is 2. The van der Waals surface area contributed by atoms with Gasteiger partial charge in [0.05, 0.1) is 35.3 Å². The molecule has 0 radical (unpaired) electrons. The molecule has 0 saturated carbocycles. The van der Waals surface area contributed by atoms with E-state index in [2.05, 4.69) is 17.2 Å². The van der Waals surface area contributed by atoms with Crippen LogP contribution in [0.5, 0.6) is 0 Å². The normalized spacial score (nSPS) is 32.9. The number of amides is 1. The van der Waals surface area contributed by atoms with Crippen molar-refractivity contribution in [2.75, 3.05) is 20.8 Å². The molecule has 2 aliphatic rings. The van der Waals surface area contributed by atoms with Gasteiger partial charge < -0.3 is 35.1 Å². The first-order valence-electron chi connectivity index (χ1n) is 14.1.